The third-order valence-electron chi connectivity index (χ3n) is 4.34. The number of anilines is 1. The molecule has 0 unspecified atom stereocenters. The number of aromatic nitrogens is 2. The number of para-hydroxylation sites is 2. The predicted molar refractivity (Wildman–Crippen MR) is 98.4 cm³/mol. The van der Waals surface area contributed by atoms with Gasteiger partial charge in [0.05, 0.1) is 16.7 Å². The van der Waals surface area contributed by atoms with E-state index in [2.05, 4.69) is 0 Å². The van der Waals surface area contributed by atoms with E-state index in [1.807, 2.05) is 72.8 Å². The number of hydrogen-bond donors (Lipinski definition) is 1. The molecule has 0 saturated carbocycles. The maximum Gasteiger partial charge on any atom is 0.333 e. The first-order valence-corrected chi connectivity index (χ1v) is 7.78. The van der Waals surface area contributed by atoms with Crippen molar-refractivity contribution in [3.8, 4) is 16.8 Å². The standard InChI is InChI=1S/C20H17N3O/c1-22-19-13-14(16-9-5-6-10-17(16)21)11-12-18(19)23(20(22)24)15-7-3-2-4-8-15/h2-13H,21H2,1H3. The van der Waals surface area contributed by atoms with Crippen LogP contribution >= 0.6 is 0 Å². The highest BCUT2D eigenvalue weighted by Crippen LogP contribution is 2.28. The topological polar surface area (TPSA) is 53.0 Å². The molecule has 1 aromatic heterocycles. The van der Waals surface area contributed by atoms with Gasteiger partial charge in [0, 0.05) is 18.3 Å². The van der Waals surface area contributed by atoms with Crippen molar-refractivity contribution >= 4 is 16.7 Å². The Morgan fingerprint density at radius 3 is 2.29 bits per heavy atom. The molecule has 0 bridgehead atoms. The van der Waals surface area contributed by atoms with Crippen molar-refractivity contribution in [2.45, 2.75) is 0 Å². The van der Waals surface area contributed by atoms with Gasteiger partial charge in [0.1, 0.15) is 0 Å². The van der Waals surface area contributed by atoms with Crippen molar-refractivity contribution in [1.29, 1.82) is 0 Å². The normalized spacial score (nSPS) is 11.0. The van der Waals surface area contributed by atoms with Crippen LogP contribution in [0, 0.1) is 0 Å². The van der Waals surface area contributed by atoms with E-state index in [0.717, 1.165) is 33.5 Å². The van der Waals surface area contributed by atoms with E-state index < -0.39 is 0 Å². The molecule has 0 amide bonds. The Labute approximate surface area is 139 Å². The van der Waals surface area contributed by atoms with Crippen LogP contribution in [-0.4, -0.2) is 9.13 Å². The van der Waals surface area contributed by atoms with Gasteiger partial charge in [-0.2, -0.15) is 0 Å². The zero-order valence-electron chi connectivity index (χ0n) is 13.3. The molecule has 0 spiro atoms. The molecular formula is C20H17N3O. The van der Waals surface area contributed by atoms with E-state index in [1.54, 1.807) is 16.2 Å². The van der Waals surface area contributed by atoms with E-state index in [9.17, 15) is 4.79 Å². The summed E-state index contributed by atoms with van der Waals surface area (Å²) in [5.41, 5.74) is 11.3. The fraction of sp³-hybridized carbons (Fsp3) is 0.0500. The van der Waals surface area contributed by atoms with E-state index in [1.165, 1.54) is 0 Å². The average Bonchev–Trinajstić information content (AvgIpc) is 2.87. The number of nitrogens with two attached hydrogens (primary N) is 1. The summed E-state index contributed by atoms with van der Waals surface area (Å²) in [7, 11) is 1.79. The molecule has 118 valence electrons. The number of hydrogen-bond acceptors (Lipinski definition) is 2. The highest BCUT2D eigenvalue weighted by molar-refractivity contribution is 5.86. The smallest absolute Gasteiger partial charge is 0.333 e. The van der Waals surface area contributed by atoms with Crippen LogP contribution in [-0.2, 0) is 7.05 Å². The third kappa shape index (κ3) is 2.12. The van der Waals surface area contributed by atoms with E-state index in [0.29, 0.717) is 0 Å². The SMILES string of the molecule is Cn1c(=O)n(-c2ccccc2)c2ccc(-c3ccccc3N)cc21. The van der Waals surface area contributed by atoms with Crippen LogP contribution in [0.2, 0.25) is 0 Å². The zero-order valence-corrected chi connectivity index (χ0v) is 13.3. The molecule has 4 rings (SSSR count). The minimum atomic E-state index is -0.0608. The molecule has 24 heavy (non-hydrogen) atoms. The second-order valence-corrected chi connectivity index (χ2v) is 5.80. The van der Waals surface area contributed by atoms with Gasteiger partial charge in [0.2, 0.25) is 0 Å². The summed E-state index contributed by atoms with van der Waals surface area (Å²) in [6.07, 6.45) is 0. The van der Waals surface area contributed by atoms with Gasteiger partial charge >= 0.3 is 5.69 Å². The minimum Gasteiger partial charge on any atom is -0.398 e. The van der Waals surface area contributed by atoms with Crippen LogP contribution in [0.1, 0.15) is 0 Å². The summed E-state index contributed by atoms with van der Waals surface area (Å²) >= 11 is 0. The molecule has 0 saturated heterocycles. The van der Waals surface area contributed by atoms with Gasteiger partial charge in [-0.15, -0.1) is 0 Å². The van der Waals surface area contributed by atoms with Crippen LogP contribution in [0.5, 0.6) is 0 Å². The molecule has 3 aromatic carbocycles. The van der Waals surface area contributed by atoms with Crippen LogP contribution in [0.4, 0.5) is 5.69 Å². The summed E-state index contributed by atoms with van der Waals surface area (Å²) in [6.45, 7) is 0. The van der Waals surface area contributed by atoms with Crippen LogP contribution in [0.15, 0.2) is 77.6 Å². The van der Waals surface area contributed by atoms with Crippen molar-refractivity contribution in [3.05, 3.63) is 83.3 Å². The Morgan fingerprint density at radius 2 is 1.54 bits per heavy atom. The molecule has 0 aliphatic rings. The number of imidazole rings is 1. The van der Waals surface area contributed by atoms with Gasteiger partial charge in [-0.3, -0.25) is 9.13 Å². The van der Waals surface area contributed by atoms with Crippen molar-refractivity contribution < 1.29 is 0 Å². The maximum absolute atomic E-state index is 12.7. The fourth-order valence-electron chi connectivity index (χ4n) is 3.09. The van der Waals surface area contributed by atoms with Crippen LogP contribution in [0.3, 0.4) is 0 Å². The number of rotatable bonds is 2. The molecule has 4 nitrogen and oxygen atoms in total. The number of benzene rings is 3. The Bertz CT molecular complexity index is 1090. The molecular weight excluding hydrogens is 298 g/mol. The average molecular weight is 315 g/mol. The molecule has 2 N–H and O–H groups in total. The minimum absolute atomic E-state index is 0.0608. The lowest BCUT2D eigenvalue weighted by molar-refractivity contribution is 0.846. The van der Waals surface area contributed by atoms with E-state index in [4.69, 9.17) is 5.73 Å². The molecule has 0 aliphatic carbocycles. The molecule has 0 atom stereocenters. The fourth-order valence-corrected chi connectivity index (χ4v) is 3.09. The number of fused-ring (bicyclic) bond motifs is 1. The highest BCUT2D eigenvalue weighted by atomic mass is 16.1. The van der Waals surface area contributed by atoms with Gasteiger partial charge in [-0.1, -0.05) is 42.5 Å². The van der Waals surface area contributed by atoms with Crippen molar-refractivity contribution in [3.63, 3.8) is 0 Å². The number of aryl methyl sites for hydroxylation is 1. The molecule has 4 heteroatoms. The first-order chi connectivity index (χ1) is 11.7. The molecule has 1 heterocycles. The van der Waals surface area contributed by atoms with Crippen LogP contribution < -0.4 is 11.4 Å². The largest absolute Gasteiger partial charge is 0.398 e. The van der Waals surface area contributed by atoms with Gasteiger partial charge < -0.3 is 5.73 Å². The Morgan fingerprint density at radius 1 is 0.833 bits per heavy atom. The Hall–Kier alpha value is -3.27. The lowest BCUT2D eigenvalue weighted by Crippen LogP contribution is -2.20. The second kappa shape index (κ2) is 5.42. The number of nitrogen functional groups attached to an aromatic ring is 1. The third-order valence-corrected chi connectivity index (χ3v) is 4.34. The van der Waals surface area contributed by atoms with Gasteiger partial charge in [-0.25, -0.2) is 4.79 Å². The quantitative estimate of drug-likeness (QED) is 0.575. The lowest BCUT2D eigenvalue weighted by atomic mass is 10.0. The predicted octanol–water partition coefficient (Wildman–Crippen LogP) is 3.58. The van der Waals surface area contributed by atoms with Crippen molar-refractivity contribution in [1.82, 2.24) is 9.13 Å². The van der Waals surface area contributed by atoms with Gasteiger partial charge in [-0.05, 0) is 35.9 Å². The molecule has 0 aliphatic heterocycles. The maximum atomic E-state index is 12.7. The number of nitrogens with zero attached hydrogens (tertiary/aromatic N) is 2. The van der Waals surface area contributed by atoms with Crippen molar-refractivity contribution in [2.24, 2.45) is 7.05 Å². The summed E-state index contributed by atoms with van der Waals surface area (Å²) in [4.78, 5) is 12.7. The van der Waals surface area contributed by atoms with Gasteiger partial charge in [0.15, 0.2) is 0 Å². The summed E-state index contributed by atoms with van der Waals surface area (Å²) in [5.74, 6) is 0. The van der Waals surface area contributed by atoms with Crippen molar-refractivity contribution in [2.75, 3.05) is 5.73 Å². The Kier molecular flexibility index (Phi) is 3.24. The Balaban J connectivity index is 1.99. The zero-order chi connectivity index (χ0) is 16.7. The second-order valence-electron chi connectivity index (χ2n) is 5.80. The molecule has 4 aromatic rings. The van der Waals surface area contributed by atoms with E-state index >= 15 is 0 Å². The van der Waals surface area contributed by atoms with E-state index in [-0.39, 0.29) is 5.69 Å². The van der Waals surface area contributed by atoms with Crippen LogP contribution in [0.25, 0.3) is 27.8 Å². The molecule has 0 radical (unpaired) electrons. The summed E-state index contributed by atoms with van der Waals surface area (Å²) < 4.78 is 3.40. The monoisotopic (exact) mass is 315 g/mol. The summed E-state index contributed by atoms with van der Waals surface area (Å²) in [6, 6.07) is 23.4. The first-order valence-electron chi connectivity index (χ1n) is 7.78. The first kappa shape index (κ1) is 14.3. The van der Waals surface area contributed by atoms with Gasteiger partial charge in [0.25, 0.3) is 0 Å². The lowest BCUT2D eigenvalue weighted by Gasteiger charge is -2.07. The highest BCUT2D eigenvalue weighted by Gasteiger charge is 2.13. The summed E-state index contributed by atoms with van der Waals surface area (Å²) in [5, 5.41) is 0. The molecule has 0 fully saturated rings.